The molecule has 0 saturated heterocycles. The highest BCUT2D eigenvalue weighted by Gasteiger charge is 2.29. The number of carbonyl (C=O) groups excluding carboxylic acids is 1. The van der Waals surface area contributed by atoms with Gasteiger partial charge >= 0.3 is 0 Å². The van der Waals surface area contributed by atoms with Crippen LogP contribution in [0.25, 0.3) is 0 Å². The lowest BCUT2D eigenvalue weighted by molar-refractivity contribution is -0.121. The van der Waals surface area contributed by atoms with Gasteiger partial charge in [0.1, 0.15) is 5.78 Å². The van der Waals surface area contributed by atoms with Crippen LogP contribution in [0.15, 0.2) is 118 Å². The van der Waals surface area contributed by atoms with Crippen LogP contribution < -0.4 is 10.6 Å². The van der Waals surface area contributed by atoms with Gasteiger partial charge in [0.2, 0.25) is 0 Å². The molecule has 2 unspecified atom stereocenters. The van der Waals surface area contributed by atoms with Crippen LogP contribution in [0.5, 0.6) is 0 Å². The molecule has 5 heteroatoms. The van der Waals surface area contributed by atoms with Crippen molar-refractivity contribution in [1.82, 2.24) is 10.6 Å². The number of Topliss-reactive ketones (excluding diaryl/α,β-unsaturated/α-hetero) is 1. The molecule has 0 aliphatic rings. The minimum Gasteiger partial charge on any atom is -0.315 e. The summed E-state index contributed by atoms with van der Waals surface area (Å²) in [4.78, 5) is 14.2. The summed E-state index contributed by atoms with van der Waals surface area (Å²) >= 11 is 7.08. The van der Waals surface area contributed by atoms with E-state index in [1.807, 2.05) is 36.4 Å². The molecule has 0 aliphatic carbocycles. The van der Waals surface area contributed by atoms with Gasteiger partial charge in [0.25, 0.3) is 0 Å². The van der Waals surface area contributed by atoms with Crippen molar-refractivity contribution in [2.45, 2.75) is 24.7 Å². The maximum atomic E-state index is 14.2. The normalized spacial score (nSPS) is 12.7. The number of carbonyl (C=O) groups is 1. The Morgan fingerprint density at radius 1 is 0.553 bits per heavy atom. The summed E-state index contributed by atoms with van der Waals surface area (Å²) in [6.45, 7) is 2.85. The predicted molar refractivity (Wildman–Crippen MR) is 165 cm³/mol. The van der Waals surface area contributed by atoms with Gasteiger partial charge < -0.3 is 10.6 Å². The van der Waals surface area contributed by atoms with Gasteiger partial charge in [0.15, 0.2) is 0 Å². The van der Waals surface area contributed by atoms with E-state index in [-0.39, 0.29) is 17.6 Å². The van der Waals surface area contributed by atoms with E-state index >= 15 is 0 Å². The van der Waals surface area contributed by atoms with Gasteiger partial charge in [-0.1, -0.05) is 117 Å². The average molecular weight is 634 g/mol. The SMILES string of the molecule is O=C(C(CNCCc1ccccc1)c1ccc(Br)cc1)C(CNCCc1ccccc1)c1ccc(Br)cc1. The van der Waals surface area contributed by atoms with Crippen molar-refractivity contribution in [3.05, 3.63) is 140 Å². The van der Waals surface area contributed by atoms with Crippen LogP contribution in [0.3, 0.4) is 0 Å². The molecule has 0 bridgehead atoms. The van der Waals surface area contributed by atoms with Gasteiger partial charge in [-0.3, -0.25) is 4.79 Å². The Bertz CT molecular complexity index is 1150. The Morgan fingerprint density at radius 2 is 0.921 bits per heavy atom. The first-order chi connectivity index (χ1) is 18.6. The molecule has 196 valence electrons. The number of hydrogen-bond donors (Lipinski definition) is 2. The van der Waals surface area contributed by atoms with Crippen molar-refractivity contribution in [3.63, 3.8) is 0 Å². The summed E-state index contributed by atoms with van der Waals surface area (Å²) in [5, 5.41) is 7.14. The first-order valence-corrected chi connectivity index (χ1v) is 14.7. The maximum absolute atomic E-state index is 14.2. The third-order valence-electron chi connectivity index (χ3n) is 6.80. The van der Waals surface area contributed by atoms with Gasteiger partial charge in [0, 0.05) is 22.0 Å². The van der Waals surface area contributed by atoms with E-state index in [9.17, 15) is 4.79 Å². The van der Waals surface area contributed by atoms with Crippen molar-refractivity contribution in [3.8, 4) is 0 Å². The number of hydrogen-bond acceptors (Lipinski definition) is 3. The Balaban J connectivity index is 1.48. The second kappa shape index (κ2) is 15.1. The molecule has 0 aliphatic heterocycles. The van der Waals surface area contributed by atoms with Crippen molar-refractivity contribution in [2.75, 3.05) is 26.2 Å². The molecular formula is C33H34Br2N2O. The third kappa shape index (κ3) is 8.74. The molecule has 0 fully saturated rings. The molecule has 4 aromatic carbocycles. The zero-order chi connectivity index (χ0) is 26.6. The van der Waals surface area contributed by atoms with Gasteiger partial charge in [-0.2, -0.15) is 0 Å². The van der Waals surface area contributed by atoms with Crippen LogP contribution >= 0.6 is 31.9 Å². The summed E-state index contributed by atoms with van der Waals surface area (Å²) in [5.41, 5.74) is 4.66. The number of halogens is 2. The van der Waals surface area contributed by atoms with Crippen LogP contribution in [-0.4, -0.2) is 32.0 Å². The first kappa shape index (κ1) is 28.4. The van der Waals surface area contributed by atoms with Gasteiger partial charge in [-0.25, -0.2) is 0 Å². The summed E-state index contributed by atoms with van der Waals surface area (Å²) in [6.07, 6.45) is 1.86. The molecule has 0 heterocycles. The quantitative estimate of drug-likeness (QED) is 0.143. The fourth-order valence-corrected chi connectivity index (χ4v) is 5.17. The lowest BCUT2D eigenvalue weighted by Gasteiger charge is -2.24. The largest absolute Gasteiger partial charge is 0.315 e. The van der Waals surface area contributed by atoms with Crippen molar-refractivity contribution < 1.29 is 4.79 Å². The van der Waals surface area contributed by atoms with E-state index in [1.54, 1.807) is 0 Å². The fourth-order valence-electron chi connectivity index (χ4n) is 4.65. The minimum atomic E-state index is -0.247. The van der Waals surface area contributed by atoms with Crippen LogP contribution in [0.4, 0.5) is 0 Å². The van der Waals surface area contributed by atoms with Crippen LogP contribution in [-0.2, 0) is 17.6 Å². The van der Waals surface area contributed by atoms with E-state index in [0.717, 1.165) is 46.0 Å². The molecule has 0 saturated carbocycles. The molecule has 0 aromatic heterocycles. The highest BCUT2D eigenvalue weighted by atomic mass is 79.9. The lowest BCUT2D eigenvalue weighted by atomic mass is 9.83. The van der Waals surface area contributed by atoms with Crippen LogP contribution in [0.2, 0.25) is 0 Å². The topological polar surface area (TPSA) is 41.1 Å². The van der Waals surface area contributed by atoms with Crippen molar-refractivity contribution in [2.24, 2.45) is 0 Å². The molecular weight excluding hydrogens is 600 g/mol. The maximum Gasteiger partial charge on any atom is 0.150 e. The summed E-state index contributed by atoms with van der Waals surface area (Å²) < 4.78 is 2.02. The first-order valence-electron chi connectivity index (χ1n) is 13.1. The van der Waals surface area contributed by atoms with Gasteiger partial charge in [-0.05, 0) is 72.5 Å². The molecule has 2 N–H and O–H groups in total. The Hall–Kier alpha value is -2.57. The zero-order valence-corrected chi connectivity index (χ0v) is 24.6. The standard InChI is InChI=1S/C33H34Br2N2O/c34-29-15-11-27(12-16-29)31(23-36-21-19-25-7-3-1-4-8-25)33(38)32(28-13-17-30(35)18-14-28)24-37-22-20-26-9-5-2-6-10-26/h1-18,31-32,36-37H,19-24H2. The fraction of sp³-hybridized carbons (Fsp3) is 0.242. The molecule has 0 amide bonds. The molecule has 0 spiro atoms. The summed E-state index contributed by atoms with van der Waals surface area (Å²) in [7, 11) is 0. The predicted octanol–water partition coefficient (Wildman–Crippen LogP) is 7.31. The van der Waals surface area contributed by atoms with E-state index in [2.05, 4.69) is 115 Å². The number of benzene rings is 4. The number of ketones is 1. The van der Waals surface area contributed by atoms with Crippen LogP contribution in [0.1, 0.15) is 34.1 Å². The summed E-state index contributed by atoms with van der Waals surface area (Å²) in [6, 6.07) is 37.2. The lowest BCUT2D eigenvalue weighted by Crippen LogP contribution is -2.35. The highest BCUT2D eigenvalue weighted by molar-refractivity contribution is 9.10. The molecule has 2 atom stereocenters. The summed E-state index contributed by atoms with van der Waals surface area (Å²) in [5.74, 6) is -0.263. The van der Waals surface area contributed by atoms with Gasteiger partial charge in [0.05, 0.1) is 11.8 Å². The molecule has 4 aromatic rings. The Morgan fingerprint density at radius 3 is 1.29 bits per heavy atom. The second-order valence-electron chi connectivity index (χ2n) is 9.49. The second-order valence-corrected chi connectivity index (χ2v) is 11.3. The zero-order valence-electron chi connectivity index (χ0n) is 21.5. The minimum absolute atomic E-state index is 0.231. The van der Waals surface area contributed by atoms with E-state index in [4.69, 9.17) is 0 Å². The molecule has 3 nitrogen and oxygen atoms in total. The van der Waals surface area contributed by atoms with Crippen molar-refractivity contribution in [1.29, 1.82) is 0 Å². The monoisotopic (exact) mass is 632 g/mol. The third-order valence-corrected chi connectivity index (χ3v) is 7.85. The van der Waals surface area contributed by atoms with E-state index < -0.39 is 0 Å². The number of rotatable bonds is 14. The smallest absolute Gasteiger partial charge is 0.150 e. The molecule has 38 heavy (non-hydrogen) atoms. The highest BCUT2D eigenvalue weighted by Crippen LogP contribution is 2.28. The Labute approximate surface area is 243 Å². The van der Waals surface area contributed by atoms with E-state index in [0.29, 0.717) is 13.1 Å². The van der Waals surface area contributed by atoms with Crippen molar-refractivity contribution >= 4 is 37.6 Å². The average Bonchev–Trinajstić information content (AvgIpc) is 2.95. The molecule has 4 rings (SSSR count). The van der Waals surface area contributed by atoms with E-state index in [1.165, 1.54) is 11.1 Å². The van der Waals surface area contributed by atoms with Gasteiger partial charge in [-0.15, -0.1) is 0 Å². The molecule has 0 radical (unpaired) electrons. The number of nitrogens with one attached hydrogen (secondary N) is 2. The van der Waals surface area contributed by atoms with Crippen LogP contribution in [0, 0.1) is 0 Å². The Kier molecular flexibility index (Phi) is 11.3.